The van der Waals surface area contributed by atoms with Crippen molar-refractivity contribution >= 4 is 11.9 Å². The number of unbranched alkanes of at least 4 members (excludes halogenated alkanes) is 27. The van der Waals surface area contributed by atoms with E-state index in [4.69, 9.17) is 14.2 Å². The number of rotatable bonds is 50. The Hall–Kier alpha value is -2.66. The van der Waals surface area contributed by atoms with E-state index in [0.717, 1.165) is 77.0 Å². The van der Waals surface area contributed by atoms with Crippen molar-refractivity contribution in [1.29, 1.82) is 0 Å². The van der Waals surface area contributed by atoms with Crippen molar-refractivity contribution in [1.82, 2.24) is 0 Å². The zero-order chi connectivity index (χ0) is 46.3. The predicted molar refractivity (Wildman–Crippen MR) is 279 cm³/mol. The summed E-state index contributed by atoms with van der Waals surface area (Å²) < 4.78 is 17.4. The van der Waals surface area contributed by atoms with Crippen LogP contribution in [-0.2, 0) is 23.8 Å². The minimum atomic E-state index is -0.564. The molecule has 0 saturated heterocycles. The van der Waals surface area contributed by atoms with Crippen LogP contribution >= 0.6 is 0 Å². The lowest BCUT2D eigenvalue weighted by Crippen LogP contribution is -2.30. The molecule has 0 fully saturated rings. The van der Waals surface area contributed by atoms with Gasteiger partial charge in [0.25, 0.3) is 0 Å². The van der Waals surface area contributed by atoms with Gasteiger partial charge in [-0.2, -0.15) is 0 Å². The van der Waals surface area contributed by atoms with E-state index in [0.29, 0.717) is 19.4 Å². The van der Waals surface area contributed by atoms with Crippen LogP contribution in [0.2, 0.25) is 0 Å². The third-order valence-electron chi connectivity index (χ3n) is 11.7. The van der Waals surface area contributed by atoms with Gasteiger partial charge in [-0.3, -0.25) is 9.59 Å². The van der Waals surface area contributed by atoms with Crippen LogP contribution in [0.15, 0.2) is 72.9 Å². The summed E-state index contributed by atoms with van der Waals surface area (Å²) in [5, 5.41) is 0. The summed E-state index contributed by atoms with van der Waals surface area (Å²) in [6.07, 6.45) is 70.6. The second-order valence-electron chi connectivity index (χ2n) is 18.1. The zero-order valence-corrected chi connectivity index (χ0v) is 42.5. The number of ether oxygens (including phenoxy) is 3. The lowest BCUT2D eigenvalue weighted by Gasteiger charge is -2.18. The molecule has 0 aromatic rings. The topological polar surface area (TPSA) is 61.8 Å². The van der Waals surface area contributed by atoms with Crippen molar-refractivity contribution < 1.29 is 23.8 Å². The number of esters is 2. The maximum absolute atomic E-state index is 12.8. The van der Waals surface area contributed by atoms with E-state index in [1.165, 1.54) is 154 Å². The molecular weight excluding hydrogens is 789 g/mol. The van der Waals surface area contributed by atoms with Crippen LogP contribution in [0.4, 0.5) is 0 Å². The SMILES string of the molecule is CC/C=C\C/C=C\C/C=C\C/C=C\CCCCC(=O)OC(COCCCCCCCC/C=C\C/C=C\CCCCC)COC(=O)CCCCCCCCCCCCCCCCCCC. The summed E-state index contributed by atoms with van der Waals surface area (Å²) in [6.45, 7) is 7.65. The minimum Gasteiger partial charge on any atom is -0.462 e. The summed E-state index contributed by atoms with van der Waals surface area (Å²) >= 11 is 0. The lowest BCUT2D eigenvalue weighted by molar-refractivity contribution is -0.163. The van der Waals surface area contributed by atoms with E-state index < -0.39 is 6.10 Å². The number of carbonyl (C=O) groups is 2. The second kappa shape index (κ2) is 54.7. The molecule has 0 aliphatic rings. The Kier molecular flexibility index (Phi) is 52.4. The molecule has 0 amide bonds. The Balaban J connectivity index is 4.33. The van der Waals surface area contributed by atoms with Gasteiger partial charge < -0.3 is 14.2 Å². The van der Waals surface area contributed by atoms with E-state index in [9.17, 15) is 9.59 Å². The van der Waals surface area contributed by atoms with Gasteiger partial charge in [-0.25, -0.2) is 0 Å². The normalized spacial score (nSPS) is 12.7. The molecule has 0 aliphatic carbocycles. The molecule has 0 heterocycles. The fourth-order valence-electron chi connectivity index (χ4n) is 7.65. The average molecular weight is 893 g/mol. The molecule has 0 aliphatic heterocycles. The quantitative estimate of drug-likeness (QED) is 0.0346. The first kappa shape index (κ1) is 61.3. The van der Waals surface area contributed by atoms with Gasteiger partial charge in [0.1, 0.15) is 6.61 Å². The smallest absolute Gasteiger partial charge is 0.306 e. The molecule has 5 nitrogen and oxygen atoms in total. The van der Waals surface area contributed by atoms with Crippen molar-refractivity contribution in [3.63, 3.8) is 0 Å². The first-order valence-electron chi connectivity index (χ1n) is 27.5. The molecule has 0 saturated carbocycles. The van der Waals surface area contributed by atoms with Crippen LogP contribution in [0.25, 0.3) is 0 Å². The third-order valence-corrected chi connectivity index (χ3v) is 11.7. The van der Waals surface area contributed by atoms with Crippen LogP contribution in [0.1, 0.15) is 265 Å². The third kappa shape index (κ3) is 52.0. The van der Waals surface area contributed by atoms with Crippen molar-refractivity contribution in [3.8, 4) is 0 Å². The fourth-order valence-corrected chi connectivity index (χ4v) is 7.65. The van der Waals surface area contributed by atoms with Crippen molar-refractivity contribution in [2.75, 3.05) is 19.8 Å². The summed E-state index contributed by atoms with van der Waals surface area (Å²) in [7, 11) is 0. The first-order chi connectivity index (χ1) is 31.6. The van der Waals surface area contributed by atoms with Gasteiger partial charge in [-0.15, -0.1) is 0 Å². The number of hydrogen-bond donors (Lipinski definition) is 0. The molecule has 0 rings (SSSR count). The highest BCUT2D eigenvalue weighted by Crippen LogP contribution is 2.15. The molecule has 0 spiro atoms. The van der Waals surface area contributed by atoms with E-state index in [2.05, 4.69) is 93.7 Å². The Labute approximate surface area is 397 Å². The van der Waals surface area contributed by atoms with Gasteiger partial charge in [0.15, 0.2) is 6.10 Å². The maximum atomic E-state index is 12.8. The summed E-state index contributed by atoms with van der Waals surface area (Å²) in [5.74, 6) is -0.443. The van der Waals surface area contributed by atoms with Gasteiger partial charge in [0.05, 0.1) is 6.61 Å². The molecule has 0 aromatic carbocycles. The maximum Gasteiger partial charge on any atom is 0.306 e. The second-order valence-corrected chi connectivity index (χ2v) is 18.1. The van der Waals surface area contributed by atoms with E-state index in [-0.39, 0.29) is 25.2 Å². The van der Waals surface area contributed by atoms with Crippen LogP contribution in [0, 0.1) is 0 Å². The van der Waals surface area contributed by atoms with Gasteiger partial charge in [-0.05, 0) is 89.9 Å². The summed E-state index contributed by atoms with van der Waals surface area (Å²) in [4.78, 5) is 25.4. The monoisotopic (exact) mass is 893 g/mol. The first-order valence-corrected chi connectivity index (χ1v) is 27.5. The molecule has 0 aromatic heterocycles. The van der Waals surface area contributed by atoms with Gasteiger partial charge in [0, 0.05) is 19.4 Å². The highest BCUT2D eigenvalue weighted by Gasteiger charge is 2.17. The lowest BCUT2D eigenvalue weighted by atomic mass is 10.0. The largest absolute Gasteiger partial charge is 0.462 e. The van der Waals surface area contributed by atoms with Crippen molar-refractivity contribution in [3.05, 3.63) is 72.9 Å². The fraction of sp³-hybridized carbons (Fsp3) is 0.763. The van der Waals surface area contributed by atoms with Crippen molar-refractivity contribution in [2.45, 2.75) is 271 Å². The average Bonchev–Trinajstić information content (AvgIpc) is 3.30. The van der Waals surface area contributed by atoms with E-state index in [1.54, 1.807) is 0 Å². The highest BCUT2D eigenvalue weighted by atomic mass is 16.6. The molecule has 370 valence electrons. The van der Waals surface area contributed by atoms with Crippen LogP contribution in [-0.4, -0.2) is 37.9 Å². The minimum absolute atomic E-state index is 0.0647. The zero-order valence-electron chi connectivity index (χ0n) is 42.5. The Morgan fingerprint density at radius 3 is 1.19 bits per heavy atom. The standard InChI is InChI=1S/C59H104O5/c1-4-7-10-13-16-19-22-25-28-30-32-34-37-40-43-46-49-52-58(60)63-56-57(55-62-54-51-48-45-42-39-36-33-29-26-23-20-17-14-11-8-5-2)64-59(61)53-50-47-44-41-38-35-31-27-24-21-18-15-12-9-6-3/h9,12,17-18,20-21,26-27,29,31,38,41,57H,4-8,10-11,13-16,19,22-25,28,30,32-37,39-40,42-56H2,1-3H3/b12-9-,20-17-,21-18-,29-26-,31-27-,41-38-. The van der Waals surface area contributed by atoms with Gasteiger partial charge >= 0.3 is 11.9 Å². The molecule has 1 atom stereocenters. The predicted octanol–water partition coefficient (Wildman–Crippen LogP) is 18.7. The van der Waals surface area contributed by atoms with E-state index in [1.807, 2.05) is 0 Å². The summed E-state index contributed by atoms with van der Waals surface area (Å²) in [5.41, 5.74) is 0. The Bertz CT molecular complexity index is 1150. The molecular formula is C59H104O5. The van der Waals surface area contributed by atoms with Crippen molar-refractivity contribution in [2.24, 2.45) is 0 Å². The van der Waals surface area contributed by atoms with Crippen LogP contribution < -0.4 is 0 Å². The molecule has 1 unspecified atom stereocenters. The molecule has 0 radical (unpaired) electrons. The number of hydrogen-bond acceptors (Lipinski definition) is 5. The number of allylic oxidation sites excluding steroid dienone is 12. The van der Waals surface area contributed by atoms with Crippen LogP contribution in [0.3, 0.4) is 0 Å². The highest BCUT2D eigenvalue weighted by molar-refractivity contribution is 5.70. The van der Waals surface area contributed by atoms with Gasteiger partial charge in [0.2, 0.25) is 0 Å². The summed E-state index contributed by atoms with van der Waals surface area (Å²) in [6, 6.07) is 0. The molecule has 5 heteroatoms. The molecule has 0 bridgehead atoms. The van der Waals surface area contributed by atoms with Gasteiger partial charge in [-0.1, -0.05) is 235 Å². The molecule has 64 heavy (non-hydrogen) atoms. The van der Waals surface area contributed by atoms with E-state index >= 15 is 0 Å². The number of carbonyl (C=O) groups excluding carboxylic acids is 2. The Morgan fingerprint density at radius 1 is 0.359 bits per heavy atom. The molecule has 0 N–H and O–H groups in total. The Morgan fingerprint density at radius 2 is 0.703 bits per heavy atom. The van der Waals surface area contributed by atoms with Crippen LogP contribution in [0.5, 0.6) is 0 Å².